The van der Waals surface area contributed by atoms with Gasteiger partial charge in [-0.2, -0.15) is 0 Å². The van der Waals surface area contributed by atoms with Crippen molar-refractivity contribution in [1.82, 2.24) is 9.80 Å². The first kappa shape index (κ1) is 15.8. The van der Waals surface area contributed by atoms with E-state index in [2.05, 4.69) is 11.5 Å². The number of nitrogens with zero attached hydrogens (tertiary/aromatic N) is 2. The van der Waals surface area contributed by atoms with E-state index in [0.717, 1.165) is 32.0 Å². The van der Waals surface area contributed by atoms with Gasteiger partial charge in [0.25, 0.3) is 0 Å². The van der Waals surface area contributed by atoms with Crippen LogP contribution in [0, 0.1) is 17.6 Å². The van der Waals surface area contributed by atoms with Gasteiger partial charge in [-0.3, -0.25) is 9.69 Å². The van der Waals surface area contributed by atoms with E-state index in [-0.39, 0.29) is 23.9 Å². The molecule has 0 radical (unpaired) electrons. The molecule has 24 heavy (non-hydrogen) atoms. The lowest BCUT2D eigenvalue weighted by molar-refractivity contribution is -0.135. The molecule has 5 rings (SSSR count). The highest BCUT2D eigenvalue weighted by Crippen LogP contribution is 2.47. The van der Waals surface area contributed by atoms with E-state index in [1.165, 1.54) is 0 Å². The number of benzene rings is 1. The van der Waals surface area contributed by atoms with Crippen LogP contribution in [0.1, 0.15) is 30.7 Å². The quantitative estimate of drug-likeness (QED) is 0.795. The highest BCUT2D eigenvalue weighted by molar-refractivity contribution is 5.78. The Morgan fingerprint density at radius 1 is 1.25 bits per heavy atom. The van der Waals surface area contributed by atoms with E-state index in [4.69, 9.17) is 0 Å². The lowest BCUT2D eigenvalue weighted by Gasteiger charge is -2.51. The Bertz CT molecular complexity index is 669. The highest BCUT2D eigenvalue weighted by Gasteiger charge is 2.54. The molecule has 4 saturated heterocycles. The molecule has 4 aliphatic heterocycles. The van der Waals surface area contributed by atoms with Crippen LogP contribution in [0.4, 0.5) is 8.78 Å². The number of carbonyl (C=O) groups excluding carboxylic acids is 1. The first-order valence-electron chi connectivity index (χ1n) is 8.70. The standard InChI is InChI=1S/C19H22F2N2O/c1-2-4-16(24)23-11-14(13-5-3-6-15(20)17(13)21)19-18(23)12-7-9-22(19)10-8-12/h2-3,5-6,12,14,18-19H,1,4,7-11H2/t14-,18+,19+/m0/s1. The highest BCUT2D eigenvalue weighted by atomic mass is 19.2. The van der Waals surface area contributed by atoms with Crippen molar-refractivity contribution in [2.75, 3.05) is 19.6 Å². The normalized spacial score (nSPS) is 34.2. The summed E-state index contributed by atoms with van der Waals surface area (Å²) >= 11 is 0. The predicted molar refractivity (Wildman–Crippen MR) is 87.5 cm³/mol. The SMILES string of the molecule is C=CCC(=O)N1C[C@@H](c2cccc(F)c2F)[C@@H]2[C@H]1C1CCN2CC1. The Morgan fingerprint density at radius 2 is 2.00 bits per heavy atom. The number of carbonyl (C=O) groups is 1. The number of rotatable bonds is 3. The second-order valence-corrected chi connectivity index (χ2v) is 7.14. The number of amides is 1. The average molecular weight is 332 g/mol. The van der Waals surface area contributed by atoms with Crippen molar-refractivity contribution >= 4 is 5.91 Å². The molecule has 1 amide bonds. The van der Waals surface area contributed by atoms with E-state index in [1.807, 2.05) is 4.90 Å². The van der Waals surface area contributed by atoms with Crippen molar-refractivity contribution in [3.8, 4) is 0 Å². The number of halogens is 2. The first-order chi connectivity index (χ1) is 11.6. The molecule has 0 N–H and O–H groups in total. The van der Waals surface area contributed by atoms with Crippen LogP contribution in [0.5, 0.6) is 0 Å². The van der Waals surface area contributed by atoms with Gasteiger partial charge in [-0.05, 0) is 43.5 Å². The number of hydrogen-bond donors (Lipinski definition) is 0. The zero-order valence-corrected chi connectivity index (χ0v) is 13.6. The summed E-state index contributed by atoms with van der Waals surface area (Å²) in [4.78, 5) is 16.9. The third-order valence-corrected chi connectivity index (χ3v) is 6.01. The van der Waals surface area contributed by atoms with Gasteiger partial charge in [-0.25, -0.2) is 8.78 Å². The van der Waals surface area contributed by atoms with E-state index in [0.29, 0.717) is 24.4 Å². The lowest BCUT2D eigenvalue weighted by Crippen LogP contribution is -2.60. The Morgan fingerprint density at radius 3 is 2.71 bits per heavy atom. The molecule has 0 aromatic heterocycles. The van der Waals surface area contributed by atoms with Gasteiger partial charge in [0.2, 0.25) is 5.91 Å². The lowest BCUT2D eigenvalue weighted by atomic mass is 9.75. The van der Waals surface area contributed by atoms with E-state index in [1.54, 1.807) is 18.2 Å². The van der Waals surface area contributed by atoms with Gasteiger partial charge in [-0.1, -0.05) is 18.2 Å². The second kappa shape index (κ2) is 5.96. The minimum absolute atomic E-state index is 0.0491. The summed E-state index contributed by atoms with van der Waals surface area (Å²) in [6.45, 7) is 6.10. The summed E-state index contributed by atoms with van der Waals surface area (Å²) in [5.41, 5.74) is 0.409. The predicted octanol–water partition coefficient (Wildman–Crippen LogP) is 2.93. The average Bonchev–Trinajstić information content (AvgIpc) is 3.01. The zero-order valence-electron chi connectivity index (χ0n) is 13.6. The summed E-state index contributed by atoms with van der Waals surface area (Å²) in [6, 6.07) is 4.60. The molecular weight excluding hydrogens is 310 g/mol. The fraction of sp³-hybridized carbons (Fsp3) is 0.526. The molecule has 4 aliphatic rings. The topological polar surface area (TPSA) is 23.6 Å². The number of likely N-dealkylation sites (tertiary alicyclic amines) is 1. The van der Waals surface area contributed by atoms with Gasteiger partial charge in [-0.15, -0.1) is 6.58 Å². The smallest absolute Gasteiger partial charge is 0.226 e. The van der Waals surface area contributed by atoms with Gasteiger partial charge in [0, 0.05) is 24.9 Å². The molecule has 1 aromatic rings. The molecule has 3 atom stereocenters. The van der Waals surface area contributed by atoms with Crippen molar-refractivity contribution in [2.24, 2.45) is 5.92 Å². The summed E-state index contributed by atoms with van der Waals surface area (Å²) in [6.07, 6.45) is 4.08. The summed E-state index contributed by atoms with van der Waals surface area (Å²) in [5.74, 6) is -1.22. The molecule has 3 nitrogen and oxygen atoms in total. The maximum atomic E-state index is 14.4. The van der Waals surface area contributed by atoms with E-state index in [9.17, 15) is 13.6 Å². The van der Waals surface area contributed by atoms with Crippen molar-refractivity contribution < 1.29 is 13.6 Å². The van der Waals surface area contributed by atoms with Crippen molar-refractivity contribution in [3.63, 3.8) is 0 Å². The van der Waals surface area contributed by atoms with E-state index < -0.39 is 11.6 Å². The van der Waals surface area contributed by atoms with Gasteiger partial charge in [0.1, 0.15) is 0 Å². The van der Waals surface area contributed by atoms with Crippen LogP contribution in [-0.2, 0) is 4.79 Å². The van der Waals surface area contributed by atoms with Crippen LogP contribution < -0.4 is 0 Å². The largest absolute Gasteiger partial charge is 0.337 e. The number of piperidine rings is 3. The van der Waals surface area contributed by atoms with Crippen molar-refractivity contribution in [2.45, 2.75) is 37.3 Å². The fourth-order valence-electron chi connectivity index (χ4n) is 5.02. The Labute approximate surface area is 140 Å². The van der Waals surface area contributed by atoms with Crippen LogP contribution in [0.25, 0.3) is 0 Å². The minimum atomic E-state index is -0.809. The fourth-order valence-corrected chi connectivity index (χ4v) is 5.02. The second-order valence-electron chi connectivity index (χ2n) is 7.14. The molecule has 1 aromatic carbocycles. The molecule has 5 heteroatoms. The third-order valence-electron chi connectivity index (χ3n) is 6.01. The Kier molecular flexibility index (Phi) is 3.91. The summed E-state index contributed by atoms with van der Waals surface area (Å²) in [5, 5.41) is 0. The Hall–Kier alpha value is -1.75. The molecule has 4 fully saturated rings. The summed E-state index contributed by atoms with van der Waals surface area (Å²) < 4.78 is 28.2. The van der Waals surface area contributed by atoms with Gasteiger partial charge < -0.3 is 4.90 Å². The van der Waals surface area contributed by atoms with Crippen LogP contribution in [0.2, 0.25) is 0 Å². The van der Waals surface area contributed by atoms with Crippen LogP contribution in [0.3, 0.4) is 0 Å². The minimum Gasteiger partial charge on any atom is -0.337 e. The van der Waals surface area contributed by atoms with Gasteiger partial charge in [0.05, 0.1) is 6.04 Å². The van der Waals surface area contributed by atoms with E-state index >= 15 is 0 Å². The molecule has 4 heterocycles. The third kappa shape index (κ3) is 2.29. The monoisotopic (exact) mass is 332 g/mol. The van der Waals surface area contributed by atoms with Crippen LogP contribution >= 0.6 is 0 Å². The number of hydrogen-bond acceptors (Lipinski definition) is 2. The molecule has 0 spiro atoms. The molecule has 0 unspecified atom stereocenters. The molecule has 0 aliphatic carbocycles. The Balaban J connectivity index is 1.74. The molecule has 2 bridgehead atoms. The first-order valence-corrected chi connectivity index (χ1v) is 8.70. The maximum Gasteiger partial charge on any atom is 0.226 e. The van der Waals surface area contributed by atoms with Crippen molar-refractivity contribution in [1.29, 1.82) is 0 Å². The molecular formula is C19H22F2N2O. The maximum absolute atomic E-state index is 14.4. The molecule has 128 valence electrons. The molecule has 0 saturated carbocycles. The number of fused-ring (bicyclic) bond motifs is 2. The van der Waals surface area contributed by atoms with Gasteiger partial charge in [0.15, 0.2) is 11.6 Å². The van der Waals surface area contributed by atoms with Crippen LogP contribution in [0.15, 0.2) is 30.9 Å². The summed E-state index contributed by atoms with van der Waals surface area (Å²) in [7, 11) is 0. The van der Waals surface area contributed by atoms with Gasteiger partial charge >= 0.3 is 0 Å². The van der Waals surface area contributed by atoms with Crippen molar-refractivity contribution in [3.05, 3.63) is 48.1 Å². The van der Waals surface area contributed by atoms with Crippen LogP contribution in [-0.4, -0.2) is 47.4 Å². The zero-order chi connectivity index (χ0) is 16.8.